The van der Waals surface area contributed by atoms with Gasteiger partial charge in [-0.05, 0) is 48.8 Å². The molecule has 378 valence electrons. The number of primary amides is 1. The maximum atomic E-state index is 13.5. The number of anilines is 1. The van der Waals surface area contributed by atoms with E-state index in [0.29, 0.717) is 24.1 Å². The van der Waals surface area contributed by atoms with E-state index in [1.54, 1.807) is 31.2 Å². The quantitative estimate of drug-likeness (QED) is 0.0420. The highest BCUT2D eigenvalue weighted by Gasteiger charge is 2.44. The molecule has 1 saturated heterocycles. The van der Waals surface area contributed by atoms with Crippen molar-refractivity contribution in [2.75, 3.05) is 25.1 Å². The van der Waals surface area contributed by atoms with Crippen molar-refractivity contribution >= 4 is 35.4 Å². The Hall–Kier alpha value is -3.91. The van der Waals surface area contributed by atoms with E-state index in [-0.39, 0.29) is 62.5 Å². The molecule has 0 radical (unpaired) electrons. The molecule has 1 aliphatic heterocycles. The number of carbonyl (C=O) groups is 5. The van der Waals surface area contributed by atoms with E-state index < -0.39 is 79.4 Å². The molecule has 18 heteroatoms. The van der Waals surface area contributed by atoms with E-state index in [2.05, 4.69) is 28.2 Å². The van der Waals surface area contributed by atoms with E-state index in [1.807, 2.05) is 20.8 Å². The molecule has 5 amide bonds. The Morgan fingerprint density at radius 2 is 1.39 bits per heavy atom. The molecule has 0 bridgehead atoms. The summed E-state index contributed by atoms with van der Waals surface area (Å²) in [5.74, 6) is -2.25. The number of nitrogens with one attached hydrogen (secondary N) is 4. The number of hydrogen-bond donors (Lipinski definition) is 10. The summed E-state index contributed by atoms with van der Waals surface area (Å²) in [7, 11) is 0. The molecule has 0 spiro atoms. The van der Waals surface area contributed by atoms with Crippen LogP contribution in [0.2, 0.25) is 0 Å². The first kappa shape index (κ1) is 58.2. The number of benzene rings is 1. The smallest absolute Gasteiger partial charge is 0.407 e. The highest BCUT2D eigenvalue weighted by atomic mass is 16.7. The van der Waals surface area contributed by atoms with Crippen LogP contribution in [0.15, 0.2) is 24.3 Å². The van der Waals surface area contributed by atoms with Crippen LogP contribution in [0, 0.1) is 17.8 Å². The minimum atomic E-state index is -1.67. The summed E-state index contributed by atoms with van der Waals surface area (Å²) in [5, 5.41) is 62.8. The van der Waals surface area contributed by atoms with Gasteiger partial charge in [0.15, 0.2) is 12.1 Å². The highest BCUT2D eigenvalue weighted by molar-refractivity contribution is 5.97. The largest absolute Gasteiger partial charge is 0.445 e. The molecule has 18 nitrogen and oxygen atoms in total. The Balaban J connectivity index is 2.03. The number of aliphatic hydroxyl groups excluding tert-OH is 5. The van der Waals surface area contributed by atoms with Gasteiger partial charge in [0, 0.05) is 31.0 Å². The standard InChI is InChI=1S/C48H83N5O13/c1-6-8-9-10-11-12-13-14-15-16-17-18-20-32(5)41(57)36(30-64-46-44(60)43(59)42(58)38(28-54)66-46)52-48(63)65-29-33-22-24-35(25-23-33)51-45(61)34(21-19-26-50-47(49)62)27-37(55)40(31(3)4)53-39(56)7-2/h22-25,31-32,34,36,38,40-44,46,54,57-60H,6-21,26-30H2,1-5H3,(H,51,61)(H,52,63)(H,53,56)(H3,49,50,62)/t32-,34-,36+,38?,40+,41-,42+,43+,44?,46+/m1/s1. The lowest BCUT2D eigenvalue weighted by Crippen LogP contribution is -2.60. The molecule has 1 aliphatic rings. The van der Waals surface area contributed by atoms with Crippen LogP contribution in [-0.2, 0) is 35.2 Å². The van der Waals surface area contributed by atoms with Gasteiger partial charge in [-0.15, -0.1) is 0 Å². The van der Waals surface area contributed by atoms with Crippen LogP contribution >= 0.6 is 0 Å². The Morgan fingerprint density at radius 1 is 0.788 bits per heavy atom. The van der Waals surface area contributed by atoms with Crippen LogP contribution in [0.5, 0.6) is 0 Å². The second-order valence-corrected chi connectivity index (χ2v) is 18.1. The van der Waals surface area contributed by atoms with Crippen LogP contribution in [0.1, 0.15) is 149 Å². The van der Waals surface area contributed by atoms with Gasteiger partial charge in [-0.25, -0.2) is 9.59 Å². The molecule has 1 aromatic carbocycles. The van der Waals surface area contributed by atoms with E-state index >= 15 is 0 Å². The fourth-order valence-corrected chi connectivity index (χ4v) is 7.92. The Bertz CT molecular complexity index is 1550. The predicted octanol–water partition coefficient (Wildman–Crippen LogP) is 4.70. The molecule has 11 N–H and O–H groups in total. The number of nitrogens with two attached hydrogens (primary N) is 1. The Morgan fingerprint density at radius 3 is 1.95 bits per heavy atom. The third kappa shape index (κ3) is 22.3. The van der Waals surface area contributed by atoms with Crippen molar-refractivity contribution in [3.05, 3.63) is 29.8 Å². The summed E-state index contributed by atoms with van der Waals surface area (Å²) >= 11 is 0. The van der Waals surface area contributed by atoms with Gasteiger partial charge < -0.3 is 66.7 Å². The number of Topliss-reactive ketones (excluding diaryl/α,β-unsaturated/α-hetero) is 1. The number of ether oxygens (including phenoxy) is 3. The van der Waals surface area contributed by atoms with Crippen LogP contribution in [0.25, 0.3) is 0 Å². The highest BCUT2D eigenvalue weighted by Crippen LogP contribution is 2.25. The number of urea groups is 1. The van der Waals surface area contributed by atoms with Crippen molar-refractivity contribution in [1.29, 1.82) is 0 Å². The summed E-state index contributed by atoms with van der Waals surface area (Å²) in [6, 6.07) is 3.98. The third-order valence-electron chi connectivity index (χ3n) is 12.2. The summed E-state index contributed by atoms with van der Waals surface area (Å²) in [4.78, 5) is 63.4. The van der Waals surface area contributed by atoms with Gasteiger partial charge in [-0.3, -0.25) is 14.4 Å². The lowest BCUT2D eigenvalue weighted by atomic mass is 9.89. The molecule has 1 aromatic rings. The lowest BCUT2D eigenvalue weighted by molar-refractivity contribution is -0.303. The number of ketones is 1. The van der Waals surface area contributed by atoms with Gasteiger partial charge in [-0.2, -0.15) is 0 Å². The molecule has 0 saturated carbocycles. The molecule has 66 heavy (non-hydrogen) atoms. The topological polar surface area (TPSA) is 288 Å². The van der Waals surface area contributed by atoms with Gasteiger partial charge >= 0.3 is 12.1 Å². The summed E-state index contributed by atoms with van der Waals surface area (Å²) in [6.07, 6.45) is 6.14. The maximum Gasteiger partial charge on any atom is 0.407 e. The number of rotatable bonds is 34. The fourth-order valence-electron chi connectivity index (χ4n) is 7.92. The molecular formula is C48H83N5O13. The van der Waals surface area contributed by atoms with Gasteiger partial charge in [0.25, 0.3) is 0 Å². The van der Waals surface area contributed by atoms with E-state index in [9.17, 15) is 49.5 Å². The number of carbonyl (C=O) groups excluding carboxylic acids is 5. The average Bonchev–Trinajstić information content (AvgIpc) is 3.29. The van der Waals surface area contributed by atoms with Crippen molar-refractivity contribution in [2.45, 2.75) is 199 Å². The van der Waals surface area contributed by atoms with Gasteiger partial charge in [0.05, 0.1) is 31.4 Å². The molecule has 2 unspecified atom stereocenters. The van der Waals surface area contributed by atoms with Crippen molar-refractivity contribution < 1.29 is 63.7 Å². The second kappa shape index (κ2) is 32.7. The normalized spacial score (nSPS) is 20.7. The molecule has 2 rings (SSSR count). The molecule has 1 fully saturated rings. The molecule has 1 heterocycles. The molecule has 0 aromatic heterocycles. The SMILES string of the molecule is CCCCCCCCCCCCCC[C@@H](C)[C@@H](O)[C@H](CO[C@H]1OC(CO)[C@H](O)[C@H](O)C1O)NC(=O)OCc1ccc(NC(=O)[C@H](CCCNC(N)=O)CC(=O)[C@@H](NC(=O)CC)C(C)C)cc1. The first-order chi connectivity index (χ1) is 31.5. The maximum absolute atomic E-state index is 13.5. The zero-order chi connectivity index (χ0) is 49.0. The Labute approximate surface area is 391 Å². The predicted molar refractivity (Wildman–Crippen MR) is 250 cm³/mol. The first-order valence-corrected chi connectivity index (χ1v) is 24.3. The second-order valence-electron chi connectivity index (χ2n) is 18.1. The number of hydrogen-bond acceptors (Lipinski definition) is 13. The summed E-state index contributed by atoms with van der Waals surface area (Å²) in [5.41, 5.74) is 6.16. The lowest BCUT2D eigenvalue weighted by Gasteiger charge is -2.40. The zero-order valence-electron chi connectivity index (χ0n) is 40.1. The van der Waals surface area contributed by atoms with Crippen LogP contribution < -0.4 is 27.0 Å². The molecular weight excluding hydrogens is 855 g/mol. The monoisotopic (exact) mass is 938 g/mol. The Kier molecular flexibility index (Phi) is 28.9. The minimum absolute atomic E-state index is 0.141. The number of amides is 5. The van der Waals surface area contributed by atoms with Crippen molar-refractivity contribution in [2.24, 2.45) is 23.5 Å². The van der Waals surface area contributed by atoms with Crippen LogP contribution in [0.4, 0.5) is 15.3 Å². The van der Waals surface area contributed by atoms with Crippen LogP contribution in [0.3, 0.4) is 0 Å². The number of alkyl carbamates (subject to hydrolysis) is 1. The van der Waals surface area contributed by atoms with Crippen LogP contribution in [-0.4, -0.2) is 124 Å². The van der Waals surface area contributed by atoms with Crippen molar-refractivity contribution in [3.8, 4) is 0 Å². The van der Waals surface area contributed by atoms with Gasteiger partial charge in [0.1, 0.15) is 31.0 Å². The van der Waals surface area contributed by atoms with E-state index in [4.69, 9.17) is 19.9 Å². The average molecular weight is 938 g/mol. The fraction of sp³-hybridized carbons (Fsp3) is 0.771. The van der Waals surface area contributed by atoms with E-state index in [0.717, 1.165) is 25.7 Å². The molecule has 10 atom stereocenters. The van der Waals surface area contributed by atoms with Gasteiger partial charge in [0.2, 0.25) is 11.8 Å². The zero-order valence-corrected chi connectivity index (χ0v) is 40.1. The third-order valence-corrected chi connectivity index (χ3v) is 12.2. The minimum Gasteiger partial charge on any atom is -0.445 e. The van der Waals surface area contributed by atoms with Gasteiger partial charge in [-0.1, -0.05) is 124 Å². The summed E-state index contributed by atoms with van der Waals surface area (Å²) < 4.78 is 16.7. The number of unbranched alkanes of at least 4 members (excludes halogenated alkanes) is 11. The number of aliphatic hydroxyl groups is 5. The van der Waals surface area contributed by atoms with E-state index in [1.165, 1.54) is 51.4 Å². The van der Waals surface area contributed by atoms with Crippen molar-refractivity contribution in [1.82, 2.24) is 16.0 Å². The first-order valence-electron chi connectivity index (χ1n) is 24.3. The summed E-state index contributed by atoms with van der Waals surface area (Å²) in [6.45, 7) is 8.41. The molecule has 0 aliphatic carbocycles. The van der Waals surface area contributed by atoms with Crippen molar-refractivity contribution in [3.63, 3.8) is 0 Å².